The lowest BCUT2D eigenvalue weighted by atomic mass is 10.1. The Bertz CT molecular complexity index is 663. The van der Waals surface area contributed by atoms with Crippen LogP contribution in [0, 0.1) is 0 Å². The second kappa shape index (κ2) is 5.04. The quantitative estimate of drug-likeness (QED) is 0.734. The van der Waals surface area contributed by atoms with Gasteiger partial charge in [0.25, 0.3) is 0 Å². The van der Waals surface area contributed by atoms with Crippen molar-refractivity contribution in [1.29, 1.82) is 0 Å². The Morgan fingerprint density at radius 1 is 1.19 bits per heavy atom. The number of likely N-dealkylation sites (tertiary alicyclic amines) is 1. The van der Waals surface area contributed by atoms with Gasteiger partial charge in [-0.25, -0.2) is 4.68 Å². The first-order chi connectivity index (χ1) is 10.2. The van der Waals surface area contributed by atoms with Crippen LogP contribution in [0.4, 0.5) is 5.82 Å². The van der Waals surface area contributed by atoms with Crippen molar-refractivity contribution < 1.29 is 4.74 Å². The lowest BCUT2D eigenvalue weighted by Gasteiger charge is -2.35. The Morgan fingerprint density at radius 3 is 2.67 bits per heavy atom. The Kier molecular flexibility index (Phi) is 3.16. The summed E-state index contributed by atoms with van der Waals surface area (Å²) in [5.74, 6) is 0.757. The molecule has 4 heterocycles. The number of rotatable bonds is 2. The molecule has 0 amide bonds. The van der Waals surface area contributed by atoms with Gasteiger partial charge in [-0.05, 0) is 18.6 Å². The molecule has 0 aliphatic carbocycles. The molecule has 8 nitrogen and oxygen atoms in total. The molecule has 0 N–H and O–H groups in total. The number of hydrogen-bond acceptors (Lipinski definition) is 7. The van der Waals surface area contributed by atoms with Gasteiger partial charge in [0.2, 0.25) is 5.28 Å². The second-order valence-corrected chi connectivity index (χ2v) is 5.83. The smallest absolute Gasteiger partial charge is 0.226 e. The summed E-state index contributed by atoms with van der Waals surface area (Å²) in [6.45, 7) is 4.83. The Hall–Kier alpha value is -1.51. The molecule has 2 aromatic heterocycles. The summed E-state index contributed by atoms with van der Waals surface area (Å²) in [4.78, 5) is 13.0. The first kappa shape index (κ1) is 13.2. The normalized spacial score (nSPS) is 21.0. The average molecular weight is 310 g/mol. The first-order valence-electron chi connectivity index (χ1n) is 7.02. The summed E-state index contributed by atoms with van der Waals surface area (Å²) >= 11 is 6.11. The fourth-order valence-electron chi connectivity index (χ4n) is 2.85. The average Bonchev–Trinajstić information content (AvgIpc) is 2.87. The van der Waals surface area contributed by atoms with E-state index < -0.39 is 0 Å². The largest absolute Gasteiger partial charge is 0.378 e. The SMILES string of the molecule is CN1CC(n2nnc3c(N4CCOCC4)nc(Cl)nc32)C1. The standard InChI is InChI=1S/C12H16ClN7O/c1-18-6-8(7-18)20-11-9(16-17-20)10(14-12(13)15-11)19-2-4-21-5-3-19/h8H,2-7H2,1H3. The number of aromatic nitrogens is 5. The van der Waals surface area contributed by atoms with Crippen molar-refractivity contribution in [3.63, 3.8) is 0 Å². The van der Waals surface area contributed by atoms with E-state index in [0.29, 0.717) is 19.3 Å². The minimum atomic E-state index is 0.236. The third-order valence-electron chi connectivity index (χ3n) is 3.98. The molecule has 9 heteroatoms. The molecule has 0 radical (unpaired) electrons. The van der Waals surface area contributed by atoms with Gasteiger partial charge >= 0.3 is 0 Å². The number of halogens is 1. The molecule has 2 saturated heterocycles. The van der Waals surface area contributed by atoms with Gasteiger partial charge in [0.15, 0.2) is 17.0 Å². The van der Waals surface area contributed by atoms with E-state index in [0.717, 1.165) is 43.2 Å². The second-order valence-electron chi connectivity index (χ2n) is 5.50. The van der Waals surface area contributed by atoms with E-state index in [4.69, 9.17) is 16.3 Å². The maximum absolute atomic E-state index is 6.11. The molecule has 4 rings (SSSR count). The van der Waals surface area contributed by atoms with Crippen molar-refractivity contribution in [3.05, 3.63) is 5.28 Å². The molecule has 2 aromatic rings. The van der Waals surface area contributed by atoms with Gasteiger partial charge in [-0.2, -0.15) is 9.97 Å². The van der Waals surface area contributed by atoms with Gasteiger partial charge in [0, 0.05) is 26.2 Å². The van der Waals surface area contributed by atoms with Crippen LogP contribution in [0.25, 0.3) is 11.2 Å². The predicted octanol–water partition coefficient (Wildman–Crippen LogP) is 0.198. The highest BCUT2D eigenvalue weighted by atomic mass is 35.5. The first-order valence-corrected chi connectivity index (χ1v) is 7.40. The summed E-state index contributed by atoms with van der Waals surface area (Å²) in [5.41, 5.74) is 1.44. The maximum Gasteiger partial charge on any atom is 0.226 e. The molecule has 0 aromatic carbocycles. The van der Waals surface area contributed by atoms with Crippen LogP contribution in [-0.2, 0) is 4.74 Å². The molecule has 2 fully saturated rings. The molecule has 0 unspecified atom stereocenters. The third-order valence-corrected chi connectivity index (χ3v) is 4.15. The van der Waals surface area contributed by atoms with Crippen molar-refractivity contribution in [1.82, 2.24) is 29.9 Å². The molecule has 0 bridgehead atoms. The highest BCUT2D eigenvalue weighted by Crippen LogP contribution is 2.28. The summed E-state index contributed by atoms with van der Waals surface area (Å²) in [6, 6.07) is 0.309. The predicted molar refractivity (Wildman–Crippen MR) is 77.7 cm³/mol. The molecule has 21 heavy (non-hydrogen) atoms. The fraction of sp³-hybridized carbons (Fsp3) is 0.667. The van der Waals surface area contributed by atoms with Gasteiger partial charge in [-0.3, -0.25) is 0 Å². The van der Waals surface area contributed by atoms with E-state index in [1.165, 1.54) is 0 Å². The molecule has 0 atom stereocenters. The Labute approximate surface area is 126 Å². The third kappa shape index (κ3) is 2.23. The van der Waals surface area contributed by atoms with Crippen molar-refractivity contribution in [2.75, 3.05) is 51.3 Å². The van der Waals surface area contributed by atoms with E-state index >= 15 is 0 Å². The number of ether oxygens (including phenoxy) is 1. The van der Waals surface area contributed by atoms with E-state index in [-0.39, 0.29) is 5.28 Å². The maximum atomic E-state index is 6.11. The van der Waals surface area contributed by atoms with Crippen molar-refractivity contribution in [2.24, 2.45) is 0 Å². The number of hydrogen-bond donors (Lipinski definition) is 0. The van der Waals surface area contributed by atoms with Crippen LogP contribution >= 0.6 is 11.6 Å². The van der Waals surface area contributed by atoms with E-state index in [1.807, 2.05) is 4.68 Å². The Morgan fingerprint density at radius 2 is 1.95 bits per heavy atom. The van der Waals surface area contributed by atoms with Gasteiger partial charge in [-0.1, -0.05) is 5.21 Å². The van der Waals surface area contributed by atoms with Gasteiger partial charge in [0.1, 0.15) is 0 Å². The van der Waals surface area contributed by atoms with Crippen LogP contribution in [0.1, 0.15) is 6.04 Å². The Balaban J connectivity index is 1.77. The highest BCUT2D eigenvalue weighted by Gasteiger charge is 2.29. The molecule has 0 saturated carbocycles. The number of morpholine rings is 1. The van der Waals surface area contributed by atoms with Gasteiger partial charge in [-0.15, -0.1) is 5.10 Å². The topological polar surface area (TPSA) is 72.2 Å². The molecule has 2 aliphatic rings. The minimum Gasteiger partial charge on any atom is -0.378 e. The number of likely N-dealkylation sites (N-methyl/N-ethyl adjacent to an activating group) is 1. The lowest BCUT2D eigenvalue weighted by Crippen LogP contribution is -2.45. The van der Waals surface area contributed by atoms with Crippen LogP contribution in [0.15, 0.2) is 0 Å². The molecule has 112 valence electrons. The fourth-order valence-corrected chi connectivity index (χ4v) is 3.01. The molecule has 0 spiro atoms. The zero-order valence-electron chi connectivity index (χ0n) is 11.7. The van der Waals surface area contributed by atoms with Crippen LogP contribution in [0.5, 0.6) is 0 Å². The number of anilines is 1. The van der Waals surface area contributed by atoms with Crippen molar-refractivity contribution in [3.8, 4) is 0 Å². The van der Waals surface area contributed by atoms with Crippen LogP contribution in [0.2, 0.25) is 5.28 Å². The van der Waals surface area contributed by atoms with Crippen molar-refractivity contribution in [2.45, 2.75) is 6.04 Å². The lowest BCUT2D eigenvalue weighted by molar-refractivity contribution is 0.122. The van der Waals surface area contributed by atoms with Crippen molar-refractivity contribution >= 4 is 28.6 Å². The van der Waals surface area contributed by atoms with E-state index in [2.05, 4.69) is 37.1 Å². The van der Waals surface area contributed by atoms with E-state index in [9.17, 15) is 0 Å². The molecule has 2 aliphatic heterocycles. The summed E-state index contributed by atoms with van der Waals surface area (Å²) in [6.07, 6.45) is 0. The molecular weight excluding hydrogens is 294 g/mol. The summed E-state index contributed by atoms with van der Waals surface area (Å²) in [7, 11) is 2.08. The highest BCUT2D eigenvalue weighted by molar-refractivity contribution is 6.28. The van der Waals surface area contributed by atoms with Gasteiger partial charge < -0.3 is 14.5 Å². The zero-order chi connectivity index (χ0) is 14.4. The number of nitrogens with zero attached hydrogens (tertiary/aromatic N) is 7. The molecular formula is C12H16ClN7O. The monoisotopic (exact) mass is 309 g/mol. The minimum absolute atomic E-state index is 0.236. The zero-order valence-corrected chi connectivity index (χ0v) is 12.5. The number of fused-ring (bicyclic) bond motifs is 1. The van der Waals surface area contributed by atoms with Crippen LogP contribution in [0.3, 0.4) is 0 Å². The van der Waals surface area contributed by atoms with E-state index in [1.54, 1.807) is 0 Å². The van der Waals surface area contributed by atoms with Gasteiger partial charge in [0.05, 0.1) is 19.3 Å². The summed E-state index contributed by atoms with van der Waals surface area (Å²) in [5, 5.41) is 8.80. The summed E-state index contributed by atoms with van der Waals surface area (Å²) < 4.78 is 7.25. The van der Waals surface area contributed by atoms with Crippen LogP contribution < -0.4 is 4.90 Å². The van der Waals surface area contributed by atoms with Crippen LogP contribution in [-0.4, -0.2) is 76.3 Å².